The number of aryl methyl sites for hydroxylation is 1. The number of carboxylic acids is 1. The molecule has 1 atom stereocenters. The number of carbonyl (C=O) groups is 1. The third-order valence-corrected chi connectivity index (χ3v) is 5.63. The number of carboxylic acid groups (broad SMARTS) is 1. The van der Waals surface area contributed by atoms with Gasteiger partial charge in [0.05, 0.1) is 18.3 Å². The first-order valence-electron chi connectivity index (χ1n) is 10.8. The van der Waals surface area contributed by atoms with E-state index in [4.69, 9.17) is 8.92 Å². The second kappa shape index (κ2) is 11.2. The van der Waals surface area contributed by atoms with Gasteiger partial charge in [-0.3, -0.25) is 0 Å². The van der Waals surface area contributed by atoms with Crippen LogP contribution in [0, 0.1) is 0 Å². The molecular weight excluding hydrogens is 442 g/mol. The molecule has 8 heteroatoms. The Morgan fingerprint density at radius 2 is 1.67 bits per heavy atom. The number of hydrogen-bond donors (Lipinski definition) is 1. The normalized spacial score (nSPS) is 12.4. The number of rotatable bonds is 12. The Morgan fingerprint density at radius 1 is 1.00 bits per heavy atom. The van der Waals surface area contributed by atoms with Gasteiger partial charge in [0.1, 0.15) is 5.75 Å². The molecule has 0 amide bonds. The van der Waals surface area contributed by atoms with Crippen LogP contribution < -0.4 is 14.6 Å². The highest BCUT2D eigenvalue weighted by atomic mass is 32.2. The molecule has 0 aliphatic rings. The predicted molar refractivity (Wildman–Crippen MR) is 127 cm³/mol. The minimum atomic E-state index is -3.55. The lowest BCUT2D eigenvalue weighted by atomic mass is 10.0. The van der Waals surface area contributed by atoms with Crippen molar-refractivity contribution < 1.29 is 27.2 Å². The van der Waals surface area contributed by atoms with Crippen molar-refractivity contribution in [3.05, 3.63) is 71.8 Å². The van der Waals surface area contributed by atoms with Gasteiger partial charge in [-0.1, -0.05) is 30.3 Å². The monoisotopic (exact) mass is 470 g/mol. The number of anilines is 1. The number of carbonyl (C=O) groups excluding carboxylic acids is 1. The summed E-state index contributed by atoms with van der Waals surface area (Å²) in [5.41, 5.74) is 3.21. The zero-order chi connectivity index (χ0) is 23.8. The smallest absolute Gasteiger partial charge is 0.306 e. The SMILES string of the molecule is CCOC(CCCc1ccc(NCc2ccc3cc(OS(C)(=O)=O)ccc3c2)cc1)C(=O)[O-]. The van der Waals surface area contributed by atoms with Gasteiger partial charge in [0, 0.05) is 18.8 Å². The lowest BCUT2D eigenvalue weighted by molar-refractivity contribution is -0.317. The average Bonchev–Trinajstić information content (AvgIpc) is 2.76. The Kier molecular flexibility index (Phi) is 8.30. The number of benzene rings is 3. The summed E-state index contributed by atoms with van der Waals surface area (Å²) in [5, 5.41) is 16.3. The lowest BCUT2D eigenvalue weighted by Gasteiger charge is -2.17. The van der Waals surface area contributed by atoms with E-state index in [0.29, 0.717) is 31.7 Å². The fraction of sp³-hybridized carbons (Fsp3) is 0.320. The van der Waals surface area contributed by atoms with Crippen LogP contribution in [-0.2, 0) is 32.6 Å². The topological polar surface area (TPSA) is 105 Å². The van der Waals surface area contributed by atoms with Gasteiger partial charge in [-0.15, -0.1) is 0 Å². The molecule has 33 heavy (non-hydrogen) atoms. The van der Waals surface area contributed by atoms with Gasteiger partial charge in [0.2, 0.25) is 0 Å². The number of ether oxygens (including phenoxy) is 1. The van der Waals surface area contributed by atoms with Gasteiger partial charge in [0.25, 0.3) is 0 Å². The van der Waals surface area contributed by atoms with Crippen LogP contribution in [-0.4, -0.2) is 33.4 Å². The van der Waals surface area contributed by atoms with E-state index in [0.717, 1.165) is 40.3 Å². The molecule has 1 unspecified atom stereocenters. The molecule has 176 valence electrons. The molecule has 0 fully saturated rings. The maximum atomic E-state index is 11.3. The van der Waals surface area contributed by atoms with Crippen LogP contribution in [0.2, 0.25) is 0 Å². The summed E-state index contributed by atoms with van der Waals surface area (Å²) < 4.78 is 32.7. The summed E-state index contributed by atoms with van der Waals surface area (Å²) in [6.07, 6.45) is 2.08. The largest absolute Gasteiger partial charge is 0.547 e. The minimum absolute atomic E-state index is 0.295. The molecule has 0 radical (unpaired) electrons. The van der Waals surface area contributed by atoms with Crippen molar-refractivity contribution in [3.63, 3.8) is 0 Å². The summed E-state index contributed by atoms with van der Waals surface area (Å²) in [6.45, 7) is 2.76. The fourth-order valence-electron chi connectivity index (χ4n) is 3.57. The molecule has 0 aliphatic heterocycles. The quantitative estimate of drug-likeness (QED) is 0.405. The number of fused-ring (bicyclic) bond motifs is 1. The molecule has 0 aromatic heterocycles. The van der Waals surface area contributed by atoms with E-state index >= 15 is 0 Å². The van der Waals surface area contributed by atoms with Crippen molar-refractivity contribution in [2.24, 2.45) is 0 Å². The van der Waals surface area contributed by atoms with Crippen molar-refractivity contribution in [3.8, 4) is 5.75 Å². The summed E-state index contributed by atoms with van der Waals surface area (Å²) in [6, 6.07) is 19.2. The van der Waals surface area contributed by atoms with E-state index < -0.39 is 22.2 Å². The van der Waals surface area contributed by atoms with Crippen molar-refractivity contribution in [2.45, 2.75) is 38.8 Å². The second-order valence-corrected chi connectivity index (χ2v) is 9.41. The zero-order valence-electron chi connectivity index (χ0n) is 18.7. The van der Waals surface area contributed by atoms with Gasteiger partial charge in [-0.05, 0) is 78.4 Å². The van der Waals surface area contributed by atoms with Crippen LogP contribution in [0.3, 0.4) is 0 Å². The van der Waals surface area contributed by atoms with Crippen LogP contribution in [0.1, 0.15) is 30.9 Å². The molecule has 0 saturated heterocycles. The molecule has 0 aliphatic carbocycles. The minimum Gasteiger partial charge on any atom is -0.547 e. The first kappa shape index (κ1) is 24.5. The molecule has 3 aromatic carbocycles. The van der Waals surface area contributed by atoms with E-state index in [-0.39, 0.29) is 0 Å². The maximum absolute atomic E-state index is 11.3. The second-order valence-electron chi connectivity index (χ2n) is 7.84. The highest BCUT2D eigenvalue weighted by molar-refractivity contribution is 7.86. The Hall–Kier alpha value is -3.10. The van der Waals surface area contributed by atoms with Crippen molar-refractivity contribution in [2.75, 3.05) is 18.2 Å². The molecule has 3 rings (SSSR count). The van der Waals surface area contributed by atoms with Gasteiger partial charge < -0.3 is 24.1 Å². The van der Waals surface area contributed by atoms with E-state index in [1.54, 1.807) is 19.1 Å². The van der Waals surface area contributed by atoms with E-state index in [1.165, 1.54) is 0 Å². The van der Waals surface area contributed by atoms with Gasteiger partial charge in [0.15, 0.2) is 0 Å². The van der Waals surface area contributed by atoms with Crippen LogP contribution >= 0.6 is 0 Å². The number of aliphatic carboxylic acids is 1. The predicted octanol–water partition coefficient (Wildman–Crippen LogP) is 3.27. The average molecular weight is 471 g/mol. The van der Waals surface area contributed by atoms with Crippen molar-refractivity contribution in [1.29, 1.82) is 0 Å². The van der Waals surface area contributed by atoms with E-state index in [1.807, 2.05) is 48.5 Å². The fourth-order valence-corrected chi connectivity index (χ4v) is 4.02. The molecule has 1 N–H and O–H groups in total. The zero-order valence-corrected chi connectivity index (χ0v) is 19.6. The van der Waals surface area contributed by atoms with Gasteiger partial charge in [-0.2, -0.15) is 8.42 Å². The molecule has 3 aromatic rings. The van der Waals surface area contributed by atoms with Crippen molar-refractivity contribution in [1.82, 2.24) is 0 Å². The van der Waals surface area contributed by atoms with Crippen LogP contribution in [0.25, 0.3) is 10.8 Å². The first-order chi connectivity index (χ1) is 15.7. The Balaban J connectivity index is 1.53. The van der Waals surface area contributed by atoms with E-state index in [9.17, 15) is 18.3 Å². The molecule has 0 bridgehead atoms. The number of hydrogen-bond acceptors (Lipinski definition) is 7. The standard InChI is InChI=1S/C25H29NO6S/c1-3-31-24(25(27)28)6-4-5-18-8-12-22(13-9-18)26-17-19-7-10-21-16-23(32-33(2,29)30)14-11-20(21)15-19/h7-16,24,26H,3-6,17H2,1-2H3,(H,27,28)/p-1. The first-order valence-corrected chi connectivity index (χ1v) is 12.6. The molecule has 0 saturated carbocycles. The molecule has 7 nitrogen and oxygen atoms in total. The summed E-state index contributed by atoms with van der Waals surface area (Å²) in [5.74, 6) is -0.864. The Labute approximate surface area is 194 Å². The summed E-state index contributed by atoms with van der Waals surface area (Å²) in [4.78, 5) is 11.0. The third kappa shape index (κ3) is 7.76. The Morgan fingerprint density at radius 3 is 2.33 bits per heavy atom. The molecule has 0 heterocycles. The van der Waals surface area contributed by atoms with Gasteiger partial charge >= 0.3 is 10.1 Å². The highest BCUT2D eigenvalue weighted by Gasteiger charge is 2.09. The summed E-state index contributed by atoms with van der Waals surface area (Å²) in [7, 11) is -3.55. The lowest BCUT2D eigenvalue weighted by Crippen LogP contribution is -2.37. The maximum Gasteiger partial charge on any atom is 0.306 e. The molecule has 0 spiro atoms. The van der Waals surface area contributed by atoms with Crippen LogP contribution in [0.15, 0.2) is 60.7 Å². The van der Waals surface area contributed by atoms with Crippen LogP contribution in [0.5, 0.6) is 5.75 Å². The van der Waals surface area contributed by atoms with Gasteiger partial charge in [-0.25, -0.2) is 0 Å². The van der Waals surface area contributed by atoms with Crippen molar-refractivity contribution >= 4 is 32.5 Å². The number of nitrogens with one attached hydrogen (secondary N) is 1. The van der Waals surface area contributed by atoms with E-state index in [2.05, 4.69) is 5.32 Å². The van der Waals surface area contributed by atoms with Crippen LogP contribution in [0.4, 0.5) is 5.69 Å². The third-order valence-electron chi connectivity index (χ3n) is 5.14. The Bertz CT molecular complexity index is 1190. The molecular formula is C25H28NO6S-. The summed E-state index contributed by atoms with van der Waals surface area (Å²) >= 11 is 0. The highest BCUT2D eigenvalue weighted by Crippen LogP contribution is 2.23.